The molecule has 2 heterocycles. The molecule has 0 aliphatic carbocycles. The van der Waals surface area contributed by atoms with Crippen LogP contribution in [0.3, 0.4) is 0 Å². The van der Waals surface area contributed by atoms with E-state index in [1.807, 2.05) is 0 Å². The van der Waals surface area contributed by atoms with Crippen LogP contribution >= 0.6 is 0 Å². The zero-order chi connectivity index (χ0) is 12.8. The number of nitrogens with zero attached hydrogens (tertiary/aromatic N) is 1. The minimum Gasteiger partial charge on any atom is -0.369 e. The molecular formula is C16H22N2. The highest BCUT2D eigenvalue weighted by Gasteiger charge is 2.51. The van der Waals surface area contributed by atoms with Crippen LogP contribution in [0, 0.1) is 0 Å². The standard InChI is InChI=1S/C16H22N2/c1-12(2)8-9-16-10-11-18(3)15(16)17-14-7-5-4-6-13(14)16/h4-8,15,17H,9-11H2,1-3H3/t15-,16-/m0/s1. The van der Waals surface area contributed by atoms with Gasteiger partial charge in [-0.3, -0.25) is 4.90 Å². The summed E-state index contributed by atoms with van der Waals surface area (Å²) in [6.45, 7) is 5.57. The van der Waals surface area contributed by atoms with E-state index in [-0.39, 0.29) is 5.41 Å². The molecule has 0 amide bonds. The first-order valence-electron chi connectivity index (χ1n) is 6.83. The average molecular weight is 242 g/mol. The van der Waals surface area contributed by atoms with Crippen LogP contribution in [0.15, 0.2) is 35.9 Å². The summed E-state index contributed by atoms with van der Waals surface area (Å²) in [6.07, 6.45) is 5.26. The molecule has 0 unspecified atom stereocenters. The van der Waals surface area contributed by atoms with E-state index in [1.54, 1.807) is 0 Å². The van der Waals surface area contributed by atoms with E-state index in [0.717, 1.165) is 6.42 Å². The van der Waals surface area contributed by atoms with E-state index < -0.39 is 0 Å². The molecule has 18 heavy (non-hydrogen) atoms. The van der Waals surface area contributed by atoms with Gasteiger partial charge >= 0.3 is 0 Å². The molecule has 1 aromatic rings. The fraction of sp³-hybridized carbons (Fsp3) is 0.500. The van der Waals surface area contributed by atoms with Crippen molar-refractivity contribution in [3.05, 3.63) is 41.5 Å². The number of rotatable bonds is 2. The number of fused-ring (bicyclic) bond motifs is 3. The fourth-order valence-electron chi connectivity index (χ4n) is 3.49. The summed E-state index contributed by atoms with van der Waals surface area (Å²) in [5, 5.41) is 3.71. The van der Waals surface area contributed by atoms with Gasteiger partial charge in [-0.25, -0.2) is 0 Å². The summed E-state index contributed by atoms with van der Waals surface area (Å²) < 4.78 is 0. The molecule has 96 valence electrons. The number of anilines is 1. The second kappa shape index (κ2) is 4.13. The molecule has 2 atom stereocenters. The predicted octanol–water partition coefficient (Wildman–Crippen LogP) is 3.37. The first kappa shape index (κ1) is 11.8. The van der Waals surface area contributed by atoms with Crippen molar-refractivity contribution in [1.82, 2.24) is 4.90 Å². The van der Waals surface area contributed by atoms with E-state index in [1.165, 1.54) is 29.8 Å². The topological polar surface area (TPSA) is 15.3 Å². The quantitative estimate of drug-likeness (QED) is 0.800. The molecule has 3 rings (SSSR count). The van der Waals surface area contributed by atoms with E-state index >= 15 is 0 Å². The zero-order valence-corrected chi connectivity index (χ0v) is 11.5. The number of likely N-dealkylation sites (tertiary alicyclic amines) is 1. The Morgan fingerprint density at radius 3 is 3.00 bits per heavy atom. The van der Waals surface area contributed by atoms with Gasteiger partial charge in [0.15, 0.2) is 0 Å². The molecule has 0 radical (unpaired) electrons. The van der Waals surface area contributed by atoms with E-state index in [0.29, 0.717) is 6.17 Å². The second-order valence-corrected chi connectivity index (χ2v) is 5.96. The minimum atomic E-state index is 0.280. The van der Waals surface area contributed by atoms with Crippen LogP contribution in [-0.4, -0.2) is 24.7 Å². The van der Waals surface area contributed by atoms with Crippen LogP contribution in [-0.2, 0) is 5.41 Å². The van der Waals surface area contributed by atoms with Crippen molar-refractivity contribution in [3.8, 4) is 0 Å². The monoisotopic (exact) mass is 242 g/mol. The van der Waals surface area contributed by atoms with Gasteiger partial charge in [-0.05, 0) is 45.4 Å². The number of likely N-dealkylation sites (N-methyl/N-ethyl adjacent to an activating group) is 1. The fourth-order valence-corrected chi connectivity index (χ4v) is 3.49. The molecule has 2 aliphatic rings. The van der Waals surface area contributed by atoms with Gasteiger partial charge in [-0.15, -0.1) is 0 Å². The largest absolute Gasteiger partial charge is 0.369 e. The second-order valence-electron chi connectivity index (χ2n) is 5.96. The Hall–Kier alpha value is -1.28. The molecule has 1 aromatic carbocycles. The lowest BCUT2D eigenvalue weighted by Crippen LogP contribution is -2.41. The third-order valence-electron chi connectivity index (χ3n) is 4.51. The molecule has 2 heteroatoms. The molecule has 0 aromatic heterocycles. The Morgan fingerprint density at radius 1 is 1.44 bits per heavy atom. The summed E-state index contributed by atoms with van der Waals surface area (Å²) in [5.41, 5.74) is 4.54. The Balaban J connectivity index is 2.05. The number of para-hydroxylation sites is 1. The van der Waals surface area contributed by atoms with Crippen LogP contribution in [0.2, 0.25) is 0 Å². The van der Waals surface area contributed by atoms with Crippen LogP contribution < -0.4 is 5.32 Å². The number of hydrogen-bond donors (Lipinski definition) is 1. The Morgan fingerprint density at radius 2 is 2.22 bits per heavy atom. The van der Waals surface area contributed by atoms with Crippen molar-refractivity contribution in [2.45, 2.75) is 38.3 Å². The van der Waals surface area contributed by atoms with Crippen molar-refractivity contribution in [2.24, 2.45) is 0 Å². The molecule has 1 fully saturated rings. The van der Waals surface area contributed by atoms with Crippen LogP contribution in [0.25, 0.3) is 0 Å². The minimum absolute atomic E-state index is 0.280. The lowest BCUT2D eigenvalue weighted by atomic mass is 9.76. The highest BCUT2D eigenvalue weighted by Crippen LogP contribution is 2.50. The Kier molecular flexibility index (Phi) is 2.70. The SMILES string of the molecule is CC(C)=CC[C@@]12CCN(C)[C@@H]1Nc1ccccc12. The maximum atomic E-state index is 3.71. The lowest BCUT2D eigenvalue weighted by molar-refractivity contribution is 0.285. The van der Waals surface area contributed by atoms with Gasteiger partial charge in [-0.2, -0.15) is 0 Å². The third kappa shape index (κ3) is 1.59. The number of allylic oxidation sites excluding steroid dienone is 2. The van der Waals surface area contributed by atoms with Crippen LogP contribution in [0.4, 0.5) is 5.69 Å². The maximum absolute atomic E-state index is 3.71. The number of nitrogens with one attached hydrogen (secondary N) is 1. The van der Waals surface area contributed by atoms with Gasteiger partial charge < -0.3 is 5.32 Å². The summed E-state index contributed by atoms with van der Waals surface area (Å²) >= 11 is 0. The first-order valence-corrected chi connectivity index (χ1v) is 6.83. The Bertz CT molecular complexity index is 488. The molecule has 1 saturated heterocycles. The van der Waals surface area contributed by atoms with Gasteiger partial charge in [0.25, 0.3) is 0 Å². The van der Waals surface area contributed by atoms with Crippen molar-refractivity contribution >= 4 is 5.69 Å². The maximum Gasteiger partial charge on any atom is 0.0894 e. The molecule has 0 saturated carbocycles. The van der Waals surface area contributed by atoms with Crippen LogP contribution in [0.1, 0.15) is 32.3 Å². The molecular weight excluding hydrogens is 220 g/mol. The number of hydrogen-bond acceptors (Lipinski definition) is 2. The average Bonchev–Trinajstić information content (AvgIpc) is 2.84. The molecule has 0 bridgehead atoms. The van der Waals surface area contributed by atoms with E-state index in [2.05, 4.69) is 61.5 Å². The van der Waals surface area contributed by atoms with Crippen molar-refractivity contribution < 1.29 is 0 Å². The van der Waals surface area contributed by atoms with Gasteiger partial charge in [-0.1, -0.05) is 29.8 Å². The molecule has 2 nitrogen and oxygen atoms in total. The number of benzene rings is 1. The van der Waals surface area contributed by atoms with Crippen LogP contribution in [0.5, 0.6) is 0 Å². The van der Waals surface area contributed by atoms with Gasteiger partial charge in [0.2, 0.25) is 0 Å². The predicted molar refractivity (Wildman–Crippen MR) is 76.8 cm³/mol. The first-order chi connectivity index (χ1) is 8.63. The van der Waals surface area contributed by atoms with E-state index in [9.17, 15) is 0 Å². The summed E-state index contributed by atoms with van der Waals surface area (Å²) in [6, 6.07) is 8.82. The van der Waals surface area contributed by atoms with Crippen molar-refractivity contribution in [1.29, 1.82) is 0 Å². The summed E-state index contributed by atoms with van der Waals surface area (Å²) in [7, 11) is 2.23. The smallest absolute Gasteiger partial charge is 0.0894 e. The summed E-state index contributed by atoms with van der Waals surface area (Å²) in [4.78, 5) is 2.46. The van der Waals surface area contributed by atoms with Gasteiger partial charge in [0.1, 0.15) is 0 Å². The summed E-state index contributed by atoms with van der Waals surface area (Å²) in [5.74, 6) is 0. The van der Waals surface area contributed by atoms with Gasteiger partial charge in [0.05, 0.1) is 6.17 Å². The van der Waals surface area contributed by atoms with Gasteiger partial charge in [0, 0.05) is 17.6 Å². The molecule has 0 spiro atoms. The van der Waals surface area contributed by atoms with E-state index in [4.69, 9.17) is 0 Å². The normalized spacial score (nSPS) is 29.6. The highest BCUT2D eigenvalue weighted by molar-refractivity contribution is 5.63. The Labute approximate surface area is 110 Å². The van der Waals surface area contributed by atoms with Crippen molar-refractivity contribution in [3.63, 3.8) is 0 Å². The lowest BCUT2D eigenvalue weighted by Gasteiger charge is -2.30. The third-order valence-corrected chi connectivity index (χ3v) is 4.51. The van der Waals surface area contributed by atoms with Crippen molar-refractivity contribution in [2.75, 3.05) is 18.9 Å². The molecule has 2 aliphatic heterocycles. The zero-order valence-electron chi connectivity index (χ0n) is 11.5. The molecule has 1 N–H and O–H groups in total. The highest BCUT2D eigenvalue weighted by atomic mass is 15.3.